The van der Waals surface area contributed by atoms with Gasteiger partial charge in [-0.15, -0.1) is 0 Å². The fourth-order valence-electron chi connectivity index (χ4n) is 7.16. The largest absolute Gasteiger partial charge is 0.478 e. The molecular weight excluding hydrogens is 372 g/mol. The number of aromatic carboxylic acids is 1. The van der Waals surface area contributed by atoms with Gasteiger partial charge in [-0.1, -0.05) is 43.3 Å². The Hall–Kier alpha value is -2.42. The summed E-state index contributed by atoms with van der Waals surface area (Å²) in [5.41, 5.74) is 4.25. The molecule has 2 aromatic rings. The minimum absolute atomic E-state index is 0.117. The van der Waals surface area contributed by atoms with Crippen LogP contribution in [0, 0.1) is 23.2 Å². The molecule has 3 aliphatic carbocycles. The van der Waals surface area contributed by atoms with Crippen LogP contribution in [0.4, 0.5) is 0 Å². The Morgan fingerprint density at radius 1 is 1.03 bits per heavy atom. The maximum atomic E-state index is 13.3. The molecule has 0 aliphatic heterocycles. The number of rotatable bonds is 4. The number of aryl methyl sites for hydroxylation is 1. The average molecular weight is 403 g/mol. The van der Waals surface area contributed by atoms with E-state index in [1.165, 1.54) is 11.1 Å². The Morgan fingerprint density at radius 3 is 2.60 bits per heavy atom. The molecule has 3 heteroatoms. The van der Waals surface area contributed by atoms with Crippen molar-refractivity contribution >= 4 is 11.8 Å². The van der Waals surface area contributed by atoms with E-state index in [2.05, 4.69) is 25.1 Å². The van der Waals surface area contributed by atoms with Gasteiger partial charge in [0.2, 0.25) is 0 Å². The lowest BCUT2D eigenvalue weighted by atomic mass is 9.53. The van der Waals surface area contributed by atoms with Gasteiger partial charge in [-0.3, -0.25) is 4.79 Å². The van der Waals surface area contributed by atoms with Crippen LogP contribution < -0.4 is 0 Å². The summed E-state index contributed by atoms with van der Waals surface area (Å²) in [6.45, 7) is 2.39. The lowest BCUT2D eigenvalue weighted by Gasteiger charge is -2.50. The molecule has 5 rings (SSSR count). The predicted molar refractivity (Wildman–Crippen MR) is 117 cm³/mol. The minimum atomic E-state index is -0.841. The van der Waals surface area contributed by atoms with Crippen molar-refractivity contribution in [2.75, 3.05) is 0 Å². The zero-order valence-electron chi connectivity index (χ0n) is 17.6. The number of fused-ring (bicyclic) bond motifs is 5. The van der Waals surface area contributed by atoms with Crippen molar-refractivity contribution in [2.24, 2.45) is 23.2 Å². The van der Waals surface area contributed by atoms with Gasteiger partial charge in [0.05, 0.1) is 5.56 Å². The molecule has 30 heavy (non-hydrogen) atoms. The minimum Gasteiger partial charge on any atom is -0.478 e. The van der Waals surface area contributed by atoms with E-state index in [-0.39, 0.29) is 11.3 Å². The summed E-state index contributed by atoms with van der Waals surface area (Å²) in [4.78, 5) is 24.6. The van der Waals surface area contributed by atoms with Crippen LogP contribution >= 0.6 is 0 Å². The summed E-state index contributed by atoms with van der Waals surface area (Å²) < 4.78 is 0. The molecule has 3 nitrogen and oxygen atoms in total. The summed E-state index contributed by atoms with van der Waals surface area (Å²) in [5, 5.41) is 9.33. The van der Waals surface area contributed by atoms with Crippen molar-refractivity contribution in [2.45, 2.75) is 57.8 Å². The number of carbonyl (C=O) groups is 2. The maximum absolute atomic E-state index is 13.3. The molecular formula is C27H30O3. The molecule has 1 N–H and O–H groups in total. The van der Waals surface area contributed by atoms with E-state index in [1.807, 2.05) is 24.3 Å². The molecule has 2 aromatic carbocycles. The van der Waals surface area contributed by atoms with Gasteiger partial charge in [0.25, 0.3) is 0 Å². The molecule has 0 saturated heterocycles. The Labute approximate surface area is 178 Å². The first-order valence-corrected chi connectivity index (χ1v) is 11.4. The maximum Gasteiger partial charge on any atom is 0.335 e. The smallest absolute Gasteiger partial charge is 0.335 e. The standard InChI is InChI=1S/C27H30O3/c1-27-14-13-21-20-9-8-19(26(29)30)16-18(20)7-10-22(21)23(27)11-12-24(27)25(28)15-17-5-3-2-4-6-17/h2-6,8-9,16,21-24H,7,10-15H2,1H3,(H,29,30)/t21-,22-,23+,24-,27+/m1/s1. The van der Waals surface area contributed by atoms with Gasteiger partial charge >= 0.3 is 5.97 Å². The third-order valence-electron chi connectivity index (χ3n) is 8.58. The molecule has 0 radical (unpaired) electrons. The first kappa shape index (κ1) is 19.5. The Kier molecular flexibility index (Phi) is 4.80. The quantitative estimate of drug-likeness (QED) is 0.717. The number of Topliss-reactive ketones (excluding diaryl/α,β-unsaturated/α-hetero) is 1. The molecule has 0 heterocycles. The molecule has 5 atom stereocenters. The second-order valence-corrected chi connectivity index (χ2v) is 9.94. The third-order valence-corrected chi connectivity index (χ3v) is 8.58. The van der Waals surface area contributed by atoms with Crippen LogP contribution in [-0.2, 0) is 17.6 Å². The van der Waals surface area contributed by atoms with Gasteiger partial charge in [-0.05, 0) is 90.5 Å². The molecule has 0 bridgehead atoms. The lowest BCUT2D eigenvalue weighted by Crippen LogP contribution is -2.44. The highest BCUT2D eigenvalue weighted by Crippen LogP contribution is 2.63. The van der Waals surface area contributed by atoms with Gasteiger partial charge in [-0.2, -0.15) is 0 Å². The summed E-state index contributed by atoms with van der Waals surface area (Å²) >= 11 is 0. The van der Waals surface area contributed by atoms with E-state index in [1.54, 1.807) is 6.07 Å². The highest BCUT2D eigenvalue weighted by Gasteiger charge is 2.56. The highest BCUT2D eigenvalue weighted by molar-refractivity contribution is 5.88. The number of carbonyl (C=O) groups excluding carboxylic acids is 1. The summed E-state index contributed by atoms with van der Waals surface area (Å²) in [6, 6.07) is 15.9. The van der Waals surface area contributed by atoms with Crippen LogP contribution in [-0.4, -0.2) is 16.9 Å². The van der Waals surface area contributed by atoms with Crippen LogP contribution in [0.1, 0.15) is 72.0 Å². The molecule has 156 valence electrons. The van der Waals surface area contributed by atoms with Crippen molar-refractivity contribution in [1.82, 2.24) is 0 Å². The number of benzene rings is 2. The zero-order valence-corrected chi connectivity index (χ0v) is 17.6. The number of hydrogen-bond acceptors (Lipinski definition) is 2. The van der Waals surface area contributed by atoms with E-state index in [4.69, 9.17) is 0 Å². The van der Waals surface area contributed by atoms with E-state index in [9.17, 15) is 14.7 Å². The third kappa shape index (κ3) is 3.10. The van der Waals surface area contributed by atoms with Crippen LogP contribution in [0.15, 0.2) is 48.5 Å². The fraction of sp³-hybridized carbons (Fsp3) is 0.481. The second-order valence-electron chi connectivity index (χ2n) is 9.94. The molecule has 2 fully saturated rings. The molecule has 0 amide bonds. The van der Waals surface area contributed by atoms with Crippen molar-refractivity contribution in [1.29, 1.82) is 0 Å². The average Bonchev–Trinajstić information content (AvgIpc) is 3.11. The molecule has 0 spiro atoms. The van der Waals surface area contributed by atoms with Crippen LogP contribution in [0.2, 0.25) is 0 Å². The van der Waals surface area contributed by atoms with Gasteiger partial charge < -0.3 is 5.11 Å². The molecule has 3 aliphatic rings. The normalized spacial score (nSPS) is 32.0. The number of carboxylic acid groups (broad SMARTS) is 1. The fourth-order valence-corrected chi connectivity index (χ4v) is 7.16. The van der Waals surface area contributed by atoms with Crippen molar-refractivity contribution in [3.63, 3.8) is 0 Å². The Balaban J connectivity index is 1.37. The zero-order chi connectivity index (χ0) is 20.9. The SMILES string of the molecule is C[C@]12CC[C@@H]3c4ccc(C(=O)O)cc4CC[C@H]3[C@@H]1CC[C@@H]2C(=O)Cc1ccccc1. The predicted octanol–water partition coefficient (Wildman–Crippen LogP) is 5.67. The van der Waals surface area contributed by atoms with Crippen molar-refractivity contribution in [3.8, 4) is 0 Å². The van der Waals surface area contributed by atoms with E-state index in [0.29, 0.717) is 35.5 Å². The van der Waals surface area contributed by atoms with Gasteiger partial charge in [-0.25, -0.2) is 4.79 Å². The number of ketones is 1. The van der Waals surface area contributed by atoms with Crippen LogP contribution in [0.3, 0.4) is 0 Å². The monoisotopic (exact) mass is 402 g/mol. The van der Waals surface area contributed by atoms with Gasteiger partial charge in [0.15, 0.2) is 0 Å². The Bertz CT molecular complexity index is 979. The lowest BCUT2D eigenvalue weighted by molar-refractivity contribution is -0.127. The summed E-state index contributed by atoms with van der Waals surface area (Å²) in [6.07, 6.45) is 7.05. The number of hydrogen-bond donors (Lipinski definition) is 1. The number of carboxylic acids is 1. The molecule has 0 unspecified atom stereocenters. The second kappa shape index (κ2) is 7.37. The van der Waals surface area contributed by atoms with E-state index >= 15 is 0 Å². The molecule has 0 aromatic heterocycles. The van der Waals surface area contributed by atoms with E-state index < -0.39 is 5.97 Å². The summed E-state index contributed by atoms with van der Waals surface area (Å²) in [5.74, 6) is 1.52. The van der Waals surface area contributed by atoms with Crippen molar-refractivity contribution in [3.05, 3.63) is 70.8 Å². The van der Waals surface area contributed by atoms with Gasteiger partial charge in [0, 0.05) is 12.3 Å². The van der Waals surface area contributed by atoms with Crippen LogP contribution in [0.25, 0.3) is 0 Å². The van der Waals surface area contributed by atoms with Crippen molar-refractivity contribution < 1.29 is 14.7 Å². The summed E-state index contributed by atoms with van der Waals surface area (Å²) in [7, 11) is 0. The van der Waals surface area contributed by atoms with Crippen LogP contribution in [0.5, 0.6) is 0 Å². The Morgan fingerprint density at radius 2 is 1.83 bits per heavy atom. The first-order chi connectivity index (χ1) is 14.5. The topological polar surface area (TPSA) is 54.4 Å². The van der Waals surface area contributed by atoms with Gasteiger partial charge in [0.1, 0.15) is 5.78 Å². The van der Waals surface area contributed by atoms with E-state index in [0.717, 1.165) is 44.1 Å². The molecule has 2 saturated carbocycles. The highest BCUT2D eigenvalue weighted by atomic mass is 16.4. The first-order valence-electron chi connectivity index (χ1n) is 11.4.